The van der Waals surface area contributed by atoms with Crippen LogP contribution in [0.1, 0.15) is 23.7 Å². The molecule has 0 bridgehead atoms. The first kappa shape index (κ1) is 16.4. The van der Waals surface area contributed by atoms with Crippen molar-refractivity contribution in [3.05, 3.63) is 66.0 Å². The Morgan fingerprint density at radius 1 is 1.12 bits per heavy atom. The van der Waals surface area contributed by atoms with Crippen LogP contribution in [0, 0.1) is 0 Å². The Labute approximate surface area is 141 Å². The highest BCUT2D eigenvalue weighted by atomic mass is 32.2. The van der Waals surface area contributed by atoms with Crippen LogP contribution in [0.15, 0.2) is 54.7 Å². The molecule has 1 aliphatic rings. The summed E-state index contributed by atoms with van der Waals surface area (Å²) in [5.41, 5.74) is 1.63. The van der Waals surface area contributed by atoms with E-state index in [-0.39, 0.29) is 17.5 Å². The summed E-state index contributed by atoms with van der Waals surface area (Å²) < 4.78 is 23.0. The van der Waals surface area contributed by atoms with E-state index in [4.69, 9.17) is 0 Å². The molecule has 2 N–H and O–H groups in total. The largest absolute Gasteiger partial charge is 0.334 e. The van der Waals surface area contributed by atoms with Crippen molar-refractivity contribution in [1.82, 2.24) is 15.6 Å². The highest BCUT2D eigenvalue weighted by Crippen LogP contribution is 2.20. The maximum Gasteiger partial charge on any atom is 0.315 e. The van der Waals surface area contributed by atoms with Crippen LogP contribution in [0.2, 0.25) is 0 Å². The fraction of sp³-hybridized carbons (Fsp3) is 0.294. The number of hydrogen-bond acceptors (Lipinski definition) is 4. The highest BCUT2D eigenvalue weighted by Gasteiger charge is 2.29. The average Bonchev–Trinajstić information content (AvgIpc) is 2.93. The van der Waals surface area contributed by atoms with Crippen molar-refractivity contribution in [3.8, 4) is 0 Å². The predicted octanol–water partition coefficient (Wildman–Crippen LogP) is 1.66. The monoisotopic (exact) mass is 345 g/mol. The van der Waals surface area contributed by atoms with E-state index in [1.165, 1.54) is 0 Å². The number of carbonyl (C=O) groups excluding carboxylic acids is 1. The van der Waals surface area contributed by atoms with Crippen molar-refractivity contribution in [3.63, 3.8) is 0 Å². The molecule has 0 radical (unpaired) electrons. The molecular weight excluding hydrogens is 326 g/mol. The Morgan fingerprint density at radius 3 is 2.50 bits per heavy atom. The van der Waals surface area contributed by atoms with Crippen molar-refractivity contribution in [1.29, 1.82) is 0 Å². The fourth-order valence-electron chi connectivity index (χ4n) is 2.79. The molecule has 126 valence electrons. The number of benzene rings is 1. The first-order valence-corrected chi connectivity index (χ1v) is 9.59. The molecule has 2 aromatic rings. The third kappa shape index (κ3) is 4.11. The molecule has 1 aromatic carbocycles. The van der Waals surface area contributed by atoms with Gasteiger partial charge in [0.05, 0.1) is 23.2 Å². The van der Waals surface area contributed by atoms with Gasteiger partial charge in [-0.25, -0.2) is 13.2 Å². The van der Waals surface area contributed by atoms with Gasteiger partial charge in [-0.05, 0) is 24.1 Å². The van der Waals surface area contributed by atoms with Gasteiger partial charge in [0.1, 0.15) is 0 Å². The van der Waals surface area contributed by atoms with Crippen molar-refractivity contribution in [2.24, 2.45) is 0 Å². The first-order valence-electron chi connectivity index (χ1n) is 7.77. The lowest BCUT2D eigenvalue weighted by atomic mass is 10.0. The quantitative estimate of drug-likeness (QED) is 0.882. The molecule has 0 unspecified atom stereocenters. The molecule has 0 aliphatic carbocycles. The second-order valence-electron chi connectivity index (χ2n) is 5.82. The van der Waals surface area contributed by atoms with Crippen molar-refractivity contribution in [2.75, 3.05) is 11.5 Å². The van der Waals surface area contributed by atoms with Crippen LogP contribution in [-0.2, 0) is 9.84 Å². The number of sulfone groups is 1. The summed E-state index contributed by atoms with van der Waals surface area (Å²) in [5.74, 6) is 0.125. The Morgan fingerprint density at radius 2 is 1.88 bits per heavy atom. The zero-order chi connectivity index (χ0) is 17.0. The number of nitrogens with zero attached hydrogens (tertiary/aromatic N) is 1. The van der Waals surface area contributed by atoms with Gasteiger partial charge >= 0.3 is 6.03 Å². The van der Waals surface area contributed by atoms with E-state index in [1.54, 1.807) is 6.20 Å². The minimum Gasteiger partial charge on any atom is -0.334 e. The topological polar surface area (TPSA) is 88.2 Å². The van der Waals surface area contributed by atoms with Crippen LogP contribution in [0.5, 0.6) is 0 Å². The number of nitrogens with one attached hydrogen (secondary N) is 2. The van der Waals surface area contributed by atoms with E-state index in [0.717, 1.165) is 11.3 Å². The molecule has 0 saturated carbocycles. The third-order valence-corrected chi connectivity index (χ3v) is 5.73. The second-order valence-corrected chi connectivity index (χ2v) is 8.04. The molecule has 24 heavy (non-hydrogen) atoms. The van der Waals surface area contributed by atoms with E-state index < -0.39 is 21.9 Å². The molecule has 3 rings (SSSR count). The standard InChI is InChI=1S/C17H19N3O3S/c21-17(19-14-9-11-24(22,23)12-14)20-16(13-6-2-1-3-7-13)15-8-4-5-10-18-15/h1-8,10,14,16H,9,11-12H2,(H2,19,20,21)/t14-,16+/m0/s1. The molecular formula is C17H19N3O3S. The maximum atomic E-state index is 12.3. The molecule has 7 heteroatoms. The summed E-state index contributed by atoms with van der Waals surface area (Å²) in [5, 5.41) is 5.64. The summed E-state index contributed by atoms with van der Waals surface area (Å²) in [6.45, 7) is 0. The Balaban J connectivity index is 1.74. The number of pyridine rings is 1. The van der Waals surface area contributed by atoms with E-state index in [0.29, 0.717) is 6.42 Å². The molecule has 2 atom stereocenters. The predicted molar refractivity (Wildman–Crippen MR) is 91.2 cm³/mol. The minimum absolute atomic E-state index is 0.0000106. The molecule has 2 amide bonds. The van der Waals surface area contributed by atoms with Gasteiger partial charge in [-0.2, -0.15) is 0 Å². The smallest absolute Gasteiger partial charge is 0.315 e. The van der Waals surface area contributed by atoms with Gasteiger partial charge in [-0.1, -0.05) is 36.4 Å². The van der Waals surface area contributed by atoms with Crippen LogP contribution in [0.4, 0.5) is 4.79 Å². The Hall–Kier alpha value is -2.41. The van der Waals surface area contributed by atoms with Crippen molar-refractivity contribution in [2.45, 2.75) is 18.5 Å². The van der Waals surface area contributed by atoms with Crippen LogP contribution in [-0.4, -0.2) is 37.0 Å². The lowest BCUT2D eigenvalue weighted by molar-refractivity contribution is 0.235. The van der Waals surface area contributed by atoms with Crippen LogP contribution in [0.3, 0.4) is 0 Å². The summed E-state index contributed by atoms with van der Waals surface area (Å²) in [6.07, 6.45) is 2.13. The molecule has 1 aliphatic heterocycles. The summed E-state index contributed by atoms with van der Waals surface area (Å²) in [6, 6.07) is 13.9. The van der Waals surface area contributed by atoms with Gasteiger partial charge < -0.3 is 10.6 Å². The summed E-state index contributed by atoms with van der Waals surface area (Å²) in [7, 11) is -3.03. The van der Waals surface area contributed by atoms with Gasteiger partial charge in [0.25, 0.3) is 0 Å². The van der Waals surface area contributed by atoms with Gasteiger partial charge in [-0.15, -0.1) is 0 Å². The number of carbonyl (C=O) groups is 1. The molecule has 6 nitrogen and oxygen atoms in total. The van der Waals surface area contributed by atoms with Crippen LogP contribution in [0.25, 0.3) is 0 Å². The lowest BCUT2D eigenvalue weighted by Crippen LogP contribution is -2.44. The van der Waals surface area contributed by atoms with Crippen LogP contribution < -0.4 is 10.6 Å². The molecule has 2 heterocycles. The SMILES string of the molecule is O=C(N[C@H]1CCS(=O)(=O)C1)N[C@H](c1ccccc1)c1ccccn1. The number of aromatic nitrogens is 1. The number of hydrogen-bond donors (Lipinski definition) is 2. The highest BCUT2D eigenvalue weighted by molar-refractivity contribution is 7.91. The zero-order valence-corrected chi connectivity index (χ0v) is 13.9. The number of amides is 2. The normalized spacial score (nSPS) is 20.2. The second kappa shape index (κ2) is 7.00. The van der Waals surface area contributed by atoms with E-state index in [2.05, 4.69) is 15.6 Å². The van der Waals surface area contributed by atoms with Gasteiger partial charge in [-0.3, -0.25) is 4.98 Å². The third-order valence-electron chi connectivity index (χ3n) is 3.96. The molecule has 1 fully saturated rings. The molecule has 1 saturated heterocycles. The Kier molecular flexibility index (Phi) is 4.80. The van der Waals surface area contributed by atoms with Gasteiger partial charge in [0.2, 0.25) is 0 Å². The molecule has 1 aromatic heterocycles. The number of urea groups is 1. The van der Waals surface area contributed by atoms with Crippen LogP contribution >= 0.6 is 0 Å². The van der Waals surface area contributed by atoms with E-state index in [1.807, 2.05) is 48.5 Å². The zero-order valence-electron chi connectivity index (χ0n) is 13.1. The molecule has 0 spiro atoms. The fourth-order valence-corrected chi connectivity index (χ4v) is 4.46. The Bertz CT molecular complexity index is 755. The van der Waals surface area contributed by atoms with E-state index >= 15 is 0 Å². The lowest BCUT2D eigenvalue weighted by Gasteiger charge is -2.20. The van der Waals surface area contributed by atoms with E-state index in [9.17, 15) is 13.2 Å². The summed E-state index contributed by atoms with van der Waals surface area (Å²) >= 11 is 0. The van der Waals surface area contributed by atoms with Crippen molar-refractivity contribution >= 4 is 15.9 Å². The number of rotatable bonds is 4. The van der Waals surface area contributed by atoms with Gasteiger partial charge in [0, 0.05) is 12.2 Å². The van der Waals surface area contributed by atoms with Gasteiger partial charge in [0.15, 0.2) is 9.84 Å². The summed E-state index contributed by atoms with van der Waals surface area (Å²) in [4.78, 5) is 16.6. The average molecular weight is 345 g/mol. The minimum atomic E-state index is -3.03. The van der Waals surface area contributed by atoms with Crippen molar-refractivity contribution < 1.29 is 13.2 Å². The maximum absolute atomic E-state index is 12.3. The first-order chi connectivity index (χ1) is 11.5.